The number of aromatic amines is 1. The number of aromatic nitrogens is 5. The van der Waals surface area contributed by atoms with Crippen LogP contribution < -0.4 is 5.69 Å². The molecule has 1 aliphatic heterocycles. The highest BCUT2D eigenvalue weighted by Gasteiger charge is 2.26. The molecule has 0 bridgehead atoms. The van der Waals surface area contributed by atoms with Crippen molar-refractivity contribution in [1.82, 2.24) is 29.2 Å². The van der Waals surface area contributed by atoms with Crippen molar-refractivity contribution in [3.63, 3.8) is 0 Å². The van der Waals surface area contributed by atoms with Gasteiger partial charge in [-0.1, -0.05) is 6.07 Å². The van der Waals surface area contributed by atoms with E-state index in [2.05, 4.69) is 43.0 Å². The molecule has 1 N–H and O–H groups in total. The van der Waals surface area contributed by atoms with Crippen LogP contribution in [0.4, 0.5) is 0 Å². The lowest BCUT2D eigenvalue weighted by Gasteiger charge is -2.32. The van der Waals surface area contributed by atoms with Crippen LogP contribution in [0, 0.1) is 0 Å². The number of hydrogen-bond donors (Lipinski definition) is 1. The lowest BCUT2D eigenvalue weighted by atomic mass is 9.97. The Morgan fingerprint density at radius 2 is 2.19 bits per heavy atom. The molecule has 4 heterocycles. The maximum absolute atomic E-state index is 11.9. The molecule has 0 aromatic carbocycles. The van der Waals surface area contributed by atoms with E-state index in [0.29, 0.717) is 12.5 Å². The van der Waals surface area contributed by atoms with Gasteiger partial charge in [0.25, 0.3) is 0 Å². The van der Waals surface area contributed by atoms with Crippen LogP contribution in [0.15, 0.2) is 47.5 Å². The van der Waals surface area contributed by atoms with Gasteiger partial charge in [-0.2, -0.15) is 5.10 Å². The molecule has 3 aromatic heterocycles. The number of rotatable bonds is 5. The molecule has 7 heteroatoms. The van der Waals surface area contributed by atoms with Crippen LogP contribution in [0.1, 0.15) is 37.2 Å². The van der Waals surface area contributed by atoms with Gasteiger partial charge in [-0.3, -0.25) is 9.47 Å². The molecule has 3 aromatic rings. The summed E-state index contributed by atoms with van der Waals surface area (Å²) >= 11 is 0. The van der Waals surface area contributed by atoms with Crippen molar-refractivity contribution in [3.8, 4) is 5.82 Å². The Morgan fingerprint density at radius 1 is 1.27 bits per heavy atom. The molecule has 0 saturated carbocycles. The highest BCUT2D eigenvalue weighted by Crippen LogP contribution is 2.26. The molecule has 1 unspecified atom stereocenters. The smallest absolute Gasteiger partial charge is 0.304 e. The van der Waals surface area contributed by atoms with Gasteiger partial charge in [0.05, 0.1) is 0 Å². The predicted molar refractivity (Wildman–Crippen MR) is 99.3 cm³/mol. The summed E-state index contributed by atoms with van der Waals surface area (Å²) in [7, 11) is 0. The van der Waals surface area contributed by atoms with Gasteiger partial charge in [0, 0.05) is 43.6 Å². The van der Waals surface area contributed by atoms with Gasteiger partial charge in [0.15, 0.2) is 0 Å². The monoisotopic (exact) mass is 352 g/mol. The molecule has 26 heavy (non-hydrogen) atoms. The van der Waals surface area contributed by atoms with Crippen LogP contribution in [-0.2, 0) is 13.1 Å². The van der Waals surface area contributed by atoms with Gasteiger partial charge in [0.2, 0.25) is 0 Å². The summed E-state index contributed by atoms with van der Waals surface area (Å²) in [6, 6.07) is 10.2. The lowest BCUT2D eigenvalue weighted by molar-refractivity contribution is 0.191. The summed E-state index contributed by atoms with van der Waals surface area (Å²) in [5.74, 6) is 2.12. The number of likely N-dealkylation sites (tertiary alicyclic amines) is 1. The number of nitrogens with zero attached hydrogens (tertiary/aromatic N) is 5. The second-order valence-corrected chi connectivity index (χ2v) is 6.76. The van der Waals surface area contributed by atoms with E-state index in [0.717, 1.165) is 44.1 Å². The van der Waals surface area contributed by atoms with Gasteiger partial charge >= 0.3 is 5.69 Å². The number of H-pyrrole nitrogens is 1. The third kappa shape index (κ3) is 3.22. The van der Waals surface area contributed by atoms with Crippen molar-refractivity contribution in [2.45, 2.75) is 38.8 Å². The highest BCUT2D eigenvalue weighted by molar-refractivity contribution is 5.27. The quantitative estimate of drug-likeness (QED) is 0.764. The van der Waals surface area contributed by atoms with E-state index in [1.807, 2.05) is 31.3 Å². The van der Waals surface area contributed by atoms with Crippen LogP contribution in [0.3, 0.4) is 0 Å². The average Bonchev–Trinajstić information content (AvgIpc) is 3.29. The van der Waals surface area contributed by atoms with Crippen molar-refractivity contribution in [2.24, 2.45) is 0 Å². The zero-order valence-corrected chi connectivity index (χ0v) is 15.0. The highest BCUT2D eigenvalue weighted by atomic mass is 16.1. The Labute approximate surface area is 152 Å². The van der Waals surface area contributed by atoms with E-state index in [1.165, 1.54) is 5.69 Å². The summed E-state index contributed by atoms with van der Waals surface area (Å²) < 4.78 is 3.89. The topological polar surface area (TPSA) is 71.7 Å². The standard InChI is InChI=1S/C19H24N6O/c1-2-24-18(21-22-19(24)26)15-7-5-11-23(13-15)14-16-8-6-12-25(16)17-9-3-4-10-20-17/h3-4,6,8-10,12,15H,2,5,7,11,13-14H2,1H3,(H,22,26). The molecule has 1 fully saturated rings. The molecule has 0 aliphatic carbocycles. The number of pyridine rings is 1. The molecule has 1 aliphatic rings. The van der Waals surface area contributed by atoms with E-state index < -0.39 is 0 Å². The Hall–Kier alpha value is -2.67. The minimum Gasteiger partial charge on any atom is -0.304 e. The second-order valence-electron chi connectivity index (χ2n) is 6.76. The normalized spacial score (nSPS) is 18.3. The predicted octanol–water partition coefficient (Wildman–Crippen LogP) is 2.16. The van der Waals surface area contributed by atoms with Crippen LogP contribution in [0.2, 0.25) is 0 Å². The van der Waals surface area contributed by atoms with Gasteiger partial charge in [0.1, 0.15) is 11.6 Å². The fourth-order valence-electron chi connectivity index (χ4n) is 3.85. The van der Waals surface area contributed by atoms with Crippen molar-refractivity contribution in [2.75, 3.05) is 13.1 Å². The minimum atomic E-state index is -0.108. The SMILES string of the molecule is CCn1c(C2CCCN(Cc3cccn3-c3ccccn3)C2)n[nH]c1=O. The van der Waals surface area contributed by atoms with Gasteiger partial charge in [-0.05, 0) is 50.6 Å². The molecule has 136 valence electrons. The average molecular weight is 352 g/mol. The van der Waals surface area contributed by atoms with Crippen molar-refractivity contribution in [3.05, 3.63) is 64.7 Å². The first-order valence-corrected chi connectivity index (χ1v) is 9.21. The third-order valence-corrected chi connectivity index (χ3v) is 5.09. The summed E-state index contributed by atoms with van der Waals surface area (Å²) in [5, 5.41) is 6.89. The Kier molecular flexibility index (Phi) is 4.71. The first kappa shape index (κ1) is 16.8. The molecule has 1 atom stereocenters. The lowest BCUT2D eigenvalue weighted by Crippen LogP contribution is -2.36. The van der Waals surface area contributed by atoms with E-state index in [-0.39, 0.29) is 5.69 Å². The number of nitrogens with one attached hydrogen (secondary N) is 1. The third-order valence-electron chi connectivity index (χ3n) is 5.09. The minimum absolute atomic E-state index is 0.108. The van der Waals surface area contributed by atoms with Crippen molar-refractivity contribution in [1.29, 1.82) is 0 Å². The first-order valence-electron chi connectivity index (χ1n) is 9.21. The van der Waals surface area contributed by atoms with E-state index in [1.54, 1.807) is 4.57 Å². The van der Waals surface area contributed by atoms with E-state index in [4.69, 9.17) is 0 Å². The van der Waals surface area contributed by atoms with Crippen molar-refractivity contribution < 1.29 is 0 Å². The maximum atomic E-state index is 11.9. The molecule has 0 spiro atoms. The van der Waals surface area contributed by atoms with Crippen LogP contribution in [0.5, 0.6) is 0 Å². The molecular formula is C19H24N6O. The van der Waals surface area contributed by atoms with Crippen LogP contribution in [0.25, 0.3) is 5.82 Å². The van der Waals surface area contributed by atoms with Gasteiger partial charge in [-0.25, -0.2) is 14.9 Å². The van der Waals surface area contributed by atoms with Crippen molar-refractivity contribution >= 4 is 0 Å². The summed E-state index contributed by atoms with van der Waals surface area (Å²) in [4.78, 5) is 18.8. The number of hydrogen-bond acceptors (Lipinski definition) is 4. The number of piperidine rings is 1. The first-order chi connectivity index (χ1) is 12.8. The summed E-state index contributed by atoms with van der Waals surface area (Å²) in [5.41, 5.74) is 1.11. The molecule has 0 amide bonds. The zero-order valence-electron chi connectivity index (χ0n) is 15.0. The summed E-state index contributed by atoms with van der Waals surface area (Å²) in [6.07, 6.45) is 6.06. The van der Waals surface area contributed by atoms with Crippen LogP contribution >= 0.6 is 0 Å². The zero-order chi connectivity index (χ0) is 17.9. The largest absolute Gasteiger partial charge is 0.343 e. The Morgan fingerprint density at radius 3 is 3.00 bits per heavy atom. The molecule has 4 rings (SSSR count). The fraction of sp³-hybridized carbons (Fsp3) is 0.421. The van der Waals surface area contributed by atoms with Gasteiger partial charge < -0.3 is 4.57 Å². The maximum Gasteiger partial charge on any atom is 0.343 e. The molecule has 0 radical (unpaired) electrons. The molecular weight excluding hydrogens is 328 g/mol. The Bertz CT molecular complexity index is 910. The fourth-order valence-corrected chi connectivity index (χ4v) is 3.85. The van der Waals surface area contributed by atoms with Gasteiger partial charge in [-0.15, -0.1) is 0 Å². The molecule has 1 saturated heterocycles. The van der Waals surface area contributed by atoms with E-state index >= 15 is 0 Å². The molecule has 7 nitrogen and oxygen atoms in total. The van der Waals surface area contributed by atoms with E-state index in [9.17, 15) is 4.79 Å². The van der Waals surface area contributed by atoms with Crippen LogP contribution in [-0.4, -0.2) is 42.3 Å². The Balaban J connectivity index is 1.51. The summed E-state index contributed by atoms with van der Waals surface area (Å²) in [6.45, 7) is 5.48. The second kappa shape index (κ2) is 7.29.